The molecule has 0 bridgehead atoms. The van der Waals surface area contributed by atoms with E-state index < -0.39 is 0 Å². The topological polar surface area (TPSA) is 32.7 Å². The van der Waals surface area contributed by atoms with E-state index in [2.05, 4.69) is 4.99 Å². The number of hydrogen-bond acceptors (Lipinski definition) is 2. The number of nitrogens with zero attached hydrogens (tertiary/aromatic N) is 2. The fraction of sp³-hybridized carbons (Fsp3) is 0.250. The fourth-order valence-corrected chi connectivity index (χ4v) is 1.35. The van der Waals surface area contributed by atoms with E-state index in [0.717, 1.165) is 5.57 Å². The van der Waals surface area contributed by atoms with E-state index in [1.54, 1.807) is 6.21 Å². The van der Waals surface area contributed by atoms with Crippen molar-refractivity contribution in [2.24, 2.45) is 4.99 Å². The van der Waals surface area contributed by atoms with Crippen molar-refractivity contribution in [2.45, 2.75) is 6.04 Å². The van der Waals surface area contributed by atoms with Crippen LogP contribution in [0.2, 0.25) is 0 Å². The van der Waals surface area contributed by atoms with E-state index in [1.807, 2.05) is 30.3 Å². The zero-order valence-corrected chi connectivity index (χ0v) is 6.19. The number of likely N-dealkylation sites (N-methyl/N-ethyl adjacent to an activating group) is 1. The highest BCUT2D eigenvalue weighted by atomic mass is 16.1. The lowest BCUT2D eigenvalue weighted by Gasteiger charge is -2.19. The molecule has 0 aromatic heterocycles. The number of hydrogen-bond donors (Lipinski definition) is 0. The molecule has 0 saturated heterocycles. The first-order valence-corrected chi connectivity index (χ1v) is 3.47. The van der Waals surface area contributed by atoms with Gasteiger partial charge in [-0.05, 0) is 17.7 Å². The third-order valence-corrected chi connectivity index (χ3v) is 1.93. The Hall–Kier alpha value is -1.38. The van der Waals surface area contributed by atoms with Crippen LogP contribution in [-0.4, -0.2) is 30.1 Å². The Balaban J connectivity index is 2.41. The summed E-state index contributed by atoms with van der Waals surface area (Å²) in [6.07, 6.45) is 7.25. The number of carbonyl (C=O) groups is 1. The smallest absolute Gasteiger partial charge is 0.272 e. The molecule has 0 spiro atoms. The van der Waals surface area contributed by atoms with Crippen LogP contribution in [0.5, 0.6) is 0 Å². The van der Waals surface area contributed by atoms with Crippen LogP contribution < -0.4 is 0 Å². The van der Waals surface area contributed by atoms with Crippen LogP contribution in [0.3, 0.4) is 0 Å². The SMILES string of the molecule is CN1C=CC2=CC=NC(=O)C21. The van der Waals surface area contributed by atoms with Crippen LogP contribution in [0, 0.1) is 0 Å². The number of aliphatic imine (C=N–C) groups is 1. The summed E-state index contributed by atoms with van der Waals surface area (Å²) in [6, 6.07) is -0.153. The Morgan fingerprint density at radius 3 is 3.18 bits per heavy atom. The predicted octanol–water partition coefficient (Wildman–Crippen LogP) is 0.351. The lowest BCUT2D eigenvalue weighted by atomic mass is 10.1. The molecule has 0 radical (unpaired) electrons. The van der Waals surface area contributed by atoms with E-state index in [1.165, 1.54) is 0 Å². The van der Waals surface area contributed by atoms with Gasteiger partial charge >= 0.3 is 0 Å². The fourth-order valence-electron chi connectivity index (χ4n) is 1.35. The molecule has 0 N–H and O–H groups in total. The Morgan fingerprint density at radius 1 is 1.64 bits per heavy atom. The highest BCUT2D eigenvalue weighted by molar-refractivity contribution is 5.99. The zero-order chi connectivity index (χ0) is 7.84. The molecular weight excluding hydrogens is 140 g/mol. The molecule has 0 aliphatic carbocycles. The molecule has 3 nitrogen and oxygen atoms in total. The molecule has 2 aliphatic rings. The Bertz CT molecular complexity index is 288. The normalized spacial score (nSPS) is 27.4. The van der Waals surface area contributed by atoms with Crippen molar-refractivity contribution in [1.82, 2.24) is 4.90 Å². The third kappa shape index (κ3) is 0.808. The summed E-state index contributed by atoms with van der Waals surface area (Å²) in [4.78, 5) is 16.7. The van der Waals surface area contributed by atoms with Gasteiger partial charge in [-0.3, -0.25) is 4.79 Å². The maximum absolute atomic E-state index is 11.2. The van der Waals surface area contributed by atoms with Crippen molar-refractivity contribution in [3.05, 3.63) is 23.9 Å². The number of amides is 1. The van der Waals surface area contributed by atoms with E-state index in [-0.39, 0.29) is 11.9 Å². The second kappa shape index (κ2) is 2.05. The van der Waals surface area contributed by atoms with Gasteiger partial charge in [0.2, 0.25) is 0 Å². The van der Waals surface area contributed by atoms with Gasteiger partial charge in [-0.25, -0.2) is 4.99 Å². The van der Waals surface area contributed by atoms with Crippen LogP contribution in [0.1, 0.15) is 0 Å². The van der Waals surface area contributed by atoms with Crippen molar-refractivity contribution in [3.8, 4) is 0 Å². The first kappa shape index (κ1) is 6.34. The number of rotatable bonds is 0. The second-order valence-corrected chi connectivity index (χ2v) is 2.67. The third-order valence-electron chi connectivity index (χ3n) is 1.93. The van der Waals surface area contributed by atoms with Gasteiger partial charge in [0.25, 0.3) is 5.91 Å². The monoisotopic (exact) mass is 148 g/mol. The van der Waals surface area contributed by atoms with Crippen molar-refractivity contribution in [3.63, 3.8) is 0 Å². The highest BCUT2D eigenvalue weighted by Crippen LogP contribution is 2.21. The van der Waals surface area contributed by atoms with Gasteiger partial charge in [0.05, 0.1) is 0 Å². The van der Waals surface area contributed by atoms with Gasteiger partial charge in [-0.1, -0.05) is 0 Å². The average molecular weight is 148 g/mol. The minimum absolute atomic E-state index is 0.0741. The molecule has 2 heterocycles. The molecule has 0 saturated carbocycles. The van der Waals surface area contributed by atoms with Gasteiger partial charge in [0.1, 0.15) is 6.04 Å². The minimum Gasteiger partial charge on any atom is -0.365 e. The average Bonchev–Trinajstić information content (AvgIpc) is 2.34. The zero-order valence-electron chi connectivity index (χ0n) is 6.19. The summed E-state index contributed by atoms with van der Waals surface area (Å²) >= 11 is 0. The van der Waals surface area contributed by atoms with Gasteiger partial charge in [-0.15, -0.1) is 0 Å². The Morgan fingerprint density at radius 2 is 2.45 bits per heavy atom. The Kier molecular flexibility index (Phi) is 1.18. The number of carbonyl (C=O) groups excluding carboxylic acids is 1. The minimum atomic E-state index is -0.153. The van der Waals surface area contributed by atoms with Crippen molar-refractivity contribution >= 4 is 12.1 Å². The summed E-state index contributed by atoms with van der Waals surface area (Å²) in [5.74, 6) is -0.0741. The van der Waals surface area contributed by atoms with Crippen LogP contribution in [0.4, 0.5) is 0 Å². The Labute approximate surface area is 64.7 Å². The first-order valence-electron chi connectivity index (χ1n) is 3.47. The van der Waals surface area contributed by atoms with Crippen LogP contribution in [0.25, 0.3) is 0 Å². The summed E-state index contributed by atoms with van der Waals surface area (Å²) in [5, 5.41) is 0. The van der Waals surface area contributed by atoms with Crippen LogP contribution in [-0.2, 0) is 4.79 Å². The highest BCUT2D eigenvalue weighted by Gasteiger charge is 2.29. The molecule has 1 amide bonds. The summed E-state index contributed by atoms with van der Waals surface area (Å²) in [7, 11) is 1.88. The molecule has 2 aliphatic heterocycles. The summed E-state index contributed by atoms with van der Waals surface area (Å²) in [6.45, 7) is 0. The van der Waals surface area contributed by atoms with E-state index in [9.17, 15) is 4.79 Å². The summed E-state index contributed by atoms with van der Waals surface area (Å²) in [5.41, 5.74) is 1.03. The largest absolute Gasteiger partial charge is 0.365 e. The first-order chi connectivity index (χ1) is 5.29. The van der Waals surface area contributed by atoms with Crippen molar-refractivity contribution in [1.29, 1.82) is 0 Å². The molecule has 0 fully saturated rings. The van der Waals surface area contributed by atoms with Crippen LogP contribution >= 0.6 is 0 Å². The van der Waals surface area contributed by atoms with E-state index in [4.69, 9.17) is 0 Å². The number of dihydropyridines is 1. The lowest BCUT2D eigenvalue weighted by Crippen LogP contribution is -2.33. The molecule has 1 unspecified atom stereocenters. The molecule has 3 heteroatoms. The maximum Gasteiger partial charge on any atom is 0.272 e. The number of allylic oxidation sites excluding steroid dienone is 1. The van der Waals surface area contributed by atoms with E-state index >= 15 is 0 Å². The molecule has 11 heavy (non-hydrogen) atoms. The number of fused-ring (bicyclic) bond motifs is 1. The molecular formula is C8H8N2O. The van der Waals surface area contributed by atoms with Gasteiger partial charge in [-0.2, -0.15) is 0 Å². The van der Waals surface area contributed by atoms with Crippen molar-refractivity contribution in [2.75, 3.05) is 7.05 Å². The standard InChI is InChI=1S/C8H8N2O/c1-10-5-3-6-2-4-9-8(11)7(6)10/h2-5,7H,1H3. The molecule has 56 valence electrons. The van der Waals surface area contributed by atoms with Crippen LogP contribution in [0.15, 0.2) is 28.9 Å². The van der Waals surface area contributed by atoms with Gasteiger partial charge < -0.3 is 4.90 Å². The second-order valence-electron chi connectivity index (χ2n) is 2.67. The lowest BCUT2D eigenvalue weighted by molar-refractivity contribution is -0.120. The predicted molar refractivity (Wildman–Crippen MR) is 42.3 cm³/mol. The van der Waals surface area contributed by atoms with Gasteiger partial charge in [0, 0.05) is 19.5 Å². The summed E-state index contributed by atoms with van der Waals surface area (Å²) < 4.78 is 0. The van der Waals surface area contributed by atoms with E-state index in [0.29, 0.717) is 0 Å². The quantitative estimate of drug-likeness (QED) is 0.496. The molecule has 0 aromatic carbocycles. The maximum atomic E-state index is 11.2. The molecule has 0 aromatic rings. The van der Waals surface area contributed by atoms with Gasteiger partial charge in [0.15, 0.2) is 0 Å². The van der Waals surface area contributed by atoms with Crippen molar-refractivity contribution < 1.29 is 4.79 Å². The molecule has 2 rings (SSSR count). The molecule has 1 atom stereocenters.